The summed E-state index contributed by atoms with van der Waals surface area (Å²) in [5, 5.41) is 9.07. The van der Waals surface area contributed by atoms with Gasteiger partial charge in [0, 0.05) is 42.7 Å². The molecule has 0 spiro atoms. The highest BCUT2D eigenvalue weighted by Gasteiger charge is 2.34. The van der Waals surface area contributed by atoms with Gasteiger partial charge in [-0.05, 0) is 29.8 Å². The quantitative estimate of drug-likeness (QED) is 0.380. The number of benzene rings is 2. The number of fused-ring (bicyclic) bond motifs is 2. The van der Waals surface area contributed by atoms with Crippen molar-refractivity contribution in [2.24, 2.45) is 5.92 Å². The van der Waals surface area contributed by atoms with Crippen LogP contribution in [0.3, 0.4) is 0 Å². The number of allylic oxidation sites excluding steroid dienone is 2. The molecule has 194 valence electrons. The van der Waals surface area contributed by atoms with Crippen LogP contribution in [0.2, 0.25) is 0 Å². The summed E-state index contributed by atoms with van der Waals surface area (Å²) in [6, 6.07) is 17.4. The molecule has 2 aromatic heterocycles. The maximum atomic E-state index is 13.9. The lowest BCUT2D eigenvalue weighted by Gasteiger charge is -2.32. The van der Waals surface area contributed by atoms with Gasteiger partial charge < -0.3 is 18.8 Å². The third-order valence-corrected chi connectivity index (χ3v) is 7.42. The van der Waals surface area contributed by atoms with Crippen molar-refractivity contribution in [2.45, 2.75) is 32.1 Å². The Hall–Kier alpha value is -4.90. The summed E-state index contributed by atoms with van der Waals surface area (Å²) < 4.78 is 9.73. The van der Waals surface area contributed by atoms with Gasteiger partial charge >= 0.3 is 0 Å². The number of aromatic nitrogens is 4. The van der Waals surface area contributed by atoms with Gasteiger partial charge in [-0.15, -0.1) is 0 Å². The fraction of sp³-hybridized carbons (Fsp3) is 0.226. The Balaban J connectivity index is 1.27. The molecule has 3 heterocycles. The van der Waals surface area contributed by atoms with Crippen LogP contribution in [-0.4, -0.2) is 43.1 Å². The van der Waals surface area contributed by atoms with Gasteiger partial charge in [0.15, 0.2) is 0 Å². The van der Waals surface area contributed by atoms with Crippen LogP contribution >= 0.6 is 0 Å². The predicted molar refractivity (Wildman–Crippen MR) is 147 cm³/mol. The monoisotopic (exact) mass is 516 g/mol. The van der Waals surface area contributed by atoms with Crippen LogP contribution in [-0.2, 0) is 30.8 Å². The zero-order chi connectivity index (χ0) is 26.8. The average molecular weight is 517 g/mol. The molecule has 1 aliphatic heterocycles. The van der Waals surface area contributed by atoms with Gasteiger partial charge in [0.1, 0.15) is 11.6 Å². The minimum atomic E-state index is -0.0474. The van der Waals surface area contributed by atoms with Gasteiger partial charge in [0.2, 0.25) is 5.91 Å². The molecule has 1 aliphatic carbocycles. The molecular formula is C31H28N6O2. The largest absolute Gasteiger partial charge is 0.496 e. The smallest absolute Gasteiger partial charge is 0.229 e. The summed E-state index contributed by atoms with van der Waals surface area (Å²) in [5.41, 5.74) is 4.28. The number of rotatable bonds is 6. The Morgan fingerprint density at radius 3 is 2.77 bits per heavy atom. The Labute approximate surface area is 227 Å². The highest BCUT2D eigenvalue weighted by molar-refractivity contribution is 5.79. The average Bonchev–Trinajstić information content (AvgIpc) is 3.54. The fourth-order valence-corrected chi connectivity index (χ4v) is 5.38. The lowest BCUT2D eigenvalue weighted by Crippen LogP contribution is -2.43. The van der Waals surface area contributed by atoms with E-state index >= 15 is 0 Å². The number of para-hydroxylation sites is 1. The van der Waals surface area contributed by atoms with E-state index < -0.39 is 0 Å². The van der Waals surface area contributed by atoms with Gasteiger partial charge in [-0.3, -0.25) is 4.79 Å². The number of amides is 1. The first-order valence-electron chi connectivity index (χ1n) is 12.9. The standard InChI is InChI=1S/C31H28N6O2/c1-39-29-9-5-3-7-26(29)27-19-35-18-24-6-2-4-8-28(24)37(20-30(35)34-27)31(38)14-25-16-33-21-36(25)17-23-12-10-22(15-32)11-13-23/h2-13,16,19,21,24,28H,14,17-18,20H2,1H3. The topological polar surface area (TPSA) is 89.0 Å². The molecule has 2 atom stereocenters. The van der Waals surface area contributed by atoms with E-state index in [0.29, 0.717) is 18.7 Å². The number of ether oxygens (including phenoxy) is 1. The van der Waals surface area contributed by atoms with Crippen molar-refractivity contribution in [3.63, 3.8) is 0 Å². The van der Waals surface area contributed by atoms with Gasteiger partial charge in [-0.25, -0.2) is 9.97 Å². The summed E-state index contributed by atoms with van der Waals surface area (Å²) in [6.07, 6.45) is 14.2. The van der Waals surface area contributed by atoms with Crippen molar-refractivity contribution >= 4 is 5.91 Å². The zero-order valence-electron chi connectivity index (χ0n) is 21.6. The van der Waals surface area contributed by atoms with Crippen LogP contribution in [0.25, 0.3) is 11.3 Å². The molecule has 2 aliphatic rings. The van der Waals surface area contributed by atoms with E-state index in [1.807, 2.05) is 51.9 Å². The number of hydrogen-bond donors (Lipinski definition) is 0. The van der Waals surface area contributed by atoms with Crippen molar-refractivity contribution < 1.29 is 9.53 Å². The molecule has 0 saturated heterocycles. The normalized spacial score (nSPS) is 17.7. The number of nitrogens with zero attached hydrogens (tertiary/aromatic N) is 6. The summed E-state index contributed by atoms with van der Waals surface area (Å²) >= 11 is 0. The Bertz CT molecular complexity index is 1600. The lowest BCUT2D eigenvalue weighted by molar-refractivity contribution is -0.133. The molecular weight excluding hydrogens is 488 g/mol. The number of imidazole rings is 2. The third kappa shape index (κ3) is 4.87. The number of carbonyl (C=O) groups is 1. The first kappa shape index (κ1) is 24.4. The number of methoxy groups -OCH3 is 1. The molecule has 1 amide bonds. The minimum absolute atomic E-state index is 0.0295. The fourth-order valence-electron chi connectivity index (χ4n) is 5.38. The molecule has 4 aromatic rings. The minimum Gasteiger partial charge on any atom is -0.496 e. The van der Waals surface area contributed by atoms with E-state index in [1.54, 1.807) is 31.8 Å². The molecule has 8 heteroatoms. The van der Waals surface area contributed by atoms with E-state index in [0.717, 1.165) is 40.6 Å². The van der Waals surface area contributed by atoms with E-state index in [-0.39, 0.29) is 24.3 Å². The molecule has 8 nitrogen and oxygen atoms in total. The predicted octanol–water partition coefficient (Wildman–Crippen LogP) is 4.37. The summed E-state index contributed by atoms with van der Waals surface area (Å²) in [7, 11) is 1.66. The molecule has 2 unspecified atom stereocenters. The second kappa shape index (κ2) is 10.5. The molecule has 0 radical (unpaired) electrons. The van der Waals surface area contributed by atoms with E-state index in [1.165, 1.54) is 0 Å². The van der Waals surface area contributed by atoms with Crippen LogP contribution in [0.4, 0.5) is 0 Å². The molecule has 39 heavy (non-hydrogen) atoms. The van der Waals surface area contributed by atoms with Gasteiger partial charge in [-0.1, -0.05) is 48.6 Å². The zero-order valence-corrected chi connectivity index (χ0v) is 21.6. The van der Waals surface area contributed by atoms with Crippen LogP contribution in [0.1, 0.15) is 22.6 Å². The van der Waals surface area contributed by atoms with Crippen LogP contribution in [0.5, 0.6) is 5.75 Å². The summed E-state index contributed by atoms with van der Waals surface area (Å²) in [6.45, 7) is 1.73. The van der Waals surface area contributed by atoms with Crippen LogP contribution in [0, 0.1) is 17.2 Å². The maximum absolute atomic E-state index is 13.9. The second-order valence-electron chi connectivity index (χ2n) is 9.84. The Morgan fingerprint density at radius 2 is 1.95 bits per heavy atom. The van der Waals surface area contributed by atoms with Crippen molar-refractivity contribution in [2.75, 3.05) is 7.11 Å². The van der Waals surface area contributed by atoms with Crippen molar-refractivity contribution in [3.8, 4) is 23.1 Å². The van der Waals surface area contributed by atoms with Gasteiger partial charge in [-0.2, -0.15) is 5.26 Å². The number of carbonyl (C=O) groups excluding carboxylic acids is 1. The molecule has 0 fully saturated rings. The first-order chi connectivity index (χ1) is 19.1. The number of hydrogen-bond acceptors (Lipinski definition) is 5. The number of nitriles is 1. The first-order valence-corrected chi connectivity index (χ1v) is 12.9. The van der Waals surface area contributed by atoms with Crippen LogP contribution < -0.4 is 4.74 Å². The van der Waals surface area contributed by atoms with E-state index in [2.05, 4.69) is 40.0 Å². The molecule has 0 saturated carbocycles. The molecule has 2 aromatic carbocycles. The highest BCUT2D eigenvalue weighted by atomic mass is 16.5. The van der Waals surface area contributed by atoms with Crippen molar-refractivity contribution in [3.05, 3.63) is 114 Å². The van der Waals surface area contributed by atoms with Crippen LogP contribution in [0.15, 0.2) is 91.6 Å². The second-order valence-corrected chi connectivity index (χ2v) is 9.84. The van der Waals surface area contributed by atoms with E-state index in [9.17, 15) is 4.79 Å². The summed E-state index contributed by atoms with van der Waals surface area (Å²) in [5.74, 6) is 1.80. The molecule has 0 N–H and O–H groups in total. The Morgan fingerprint density at radius 1 is 1.13 bits per heavy atom. The maximum Gasteiger partial charge on any atom is 0.229 e. The Kier molecular flexibility index (Phi) is 6.55. The van der Waals surface area contributed by atoms with Gasteiger partial charge in [0.25, 0.3) is 0 Å². The lowest BCUT2D eigenvalue weighted by atomic mass is 9.93. The van der Waals surface area contributed by atoms with Crippen molar-refractivity contribution in [1.82, 2.24) is 24.0 Å². The molecule has 6 rings (SSSR count). The third-order valence-electron chi connectivity index (χ3n) is 7.42. The molecule has 0 bridgehead atoms. The highest BCUT2D eigenvalue weighted by Crippen LogP contribution is 2.32. The van der Waals surface area contributed by atoms with Crippen molar-refractivity contribution in [1.29, 1.82) is 5.26 Å². The van der Waals surface area contributed by atoms with E-state index in [4.69, 9.17) is 15.0 Å². The summed E-state index contributed by atoms with van der Waals surface area (Å²) in [4.78, 5) is 25.1. The van der Waals surface area contributed by atoms with Gasteiger partial charge in [0.05, 0.1) is 49.8 Å². The SMILES string of the molecule is COc1ccccc1-c1cn2c(n1)CN(C(=O)Cc1cncn1Cc1ccc(C#N)cc1)C1C=CC=CC1C2.